The van der Waals surface area contributed by atoms with Crippen LogP contribution < -0.4 is 10.1 Å². The summed E-state index contributed by atoms with van der Waals surface area (Å²) in [4.78, 5) is 24.3. The van der Waals surface area contributed by atoms with E-state index in [9.17, 15) is 9.59 Å². The number of hydrogen-bond donors (Lipinski definition) is 1. The van der Waals surface area contributed by atoms with Crippen LogP contribution in [0.5, 0.6) is 11.5 Å². The molecule has 0 radical (unpaired) electrons. The molecule has 3 aromatic carbocycles. The van der Waals surface area contributed by atoms with E-state index in [0.717, 1.165) is 0 Å². The summed E-state index contributed by atoms with van der Waals surface area (Å²) in [5, 5.41) is 3.50. The molecule has 1 amide bonds. The van der Waals surface area contributed by atoms with Gasteiger partial charge in [0.1, 0.15) is 11.5 Å². The van der Waals surface area contributed by atoms with Gasteiger partial charge in [0.05, 0.1) is 10.0 Å². The predicted molar refractivity (Wildman–Crippen MR) is 123 cm³/mol. The van der Waals surface area contributed by atoms with E-state index in [1.807, 2.05) is 30.3 Å². The van der Waals surface area contributed by atoms with Gasteiger partial charge >= 0.3 is 5.97 Å². The van der Waals surface area contributed by atoms with Crippen molar-refractivity contribution in [1.82, 2.24) is 0 Å². The zero-order valence-corrected chi connectivity index (χ0v) is 18.1. The van der Waals surface area contributed by atoms with E-state index in [1.165, 1.54) is 19.1 Å². The molecular weight excluding hydrogens is 437 g/mol. The number of rotatable bonds is 7. The highest BCUT2D eigenvalue weighted by Gasteiger charge is 2.16. The Morgan fingerprint density at radius 3 is 2.26 bits per heavy atom. The summed E-state index contributed by atoms with van der Waals surface area (Å²) in [5.74, 6) is 0.248. The van der Waals surface area contributed by atoms with Gasteiger partial charge in [-0.25, -0.2) is 4.79 Å². The maximum absolute atomic E-state index is 12.3. The average molecular weight is 456 g/mol. The molecule has 1 atom stereocenters. The maximum Gasteiger partial charge on any atom is 0.331 e. The molecule has 0 bridgehead atoms. The van der Waals surface area contributed by atoms with Crippen molar-refractivity contribution in [2.24, 2.45) is 0 Å². The second kappa shape index (κ2) is 10.7. The molecule has 0 fully saturated rings. The third kappa shape index (κ3) is 6.88. The quantitative estimate of drug-likeness (QED) is 0.332. The van der Waals surface area contributed by atoms with Gasteiger partial charge in [-0.3, -0.25) is 4.79 Å². The zero-order valence-electron chi connectivity index (χ0n) is 16.5. The van der Waals surface area contributed by atoms with Crippen molar-refractivity contribution in [2.75, 3.05) is 5.32 Å². The Balaban J connectivity index is 1.50. The molecular formula is C24H19Cl2NO4. The molecule has 0 aliphatic heterocycles. The molecule has 158 valence electrons. The lowest BCUT2D eigenvalue weighted by molar-refractivity contribution is -0.148. The molecule has 0 aromatic heterocycles. The topological polar surface area (TPSA) is 64.6 Å². The van der Waals surface area contributed by atoms with E-state index in [-0.39, 0.29) is 0 Å². The molecule has 0 spiro atoms. The number of benzene rings is 3. The molecule has 3 rings (SSSR count). The lowest BCUT2D eigenvalue weighted by atomic mass is 10.2. The number of carbonyl (C=O) groups excluding carboxylic acids is 2. The lowest BCUT2D eigenvalue weighted by Gasteiger charge is -2.13. The fourth-order valence-corrected chi connectivity index (χ4v) is 2.83. The largest absolute Gasteiger partial charge is 0.457 e. The summed E-state index contributed by atoms with van der Waals surface area (Å²) in [7, 11) is 0. The second-order valence-electron chi connectivity index (χ2n) is 6.51. The first kappa shape index (κ1) is 22.4. The van der Waals surface area contributed by atoms with E-state index < -0.39 is 18.0 Å². The molecule has 7 heteroatoms. The Hall–Kier alpha value is -3.28. The van der Waals surface area contributed by atoms with Gasteiger partial charge < -0.3 is 14.8 Å². The standard InChI is InChI=1S/C24H19Cl2NO4/c1-16(30-23(28)14-8-17-7-13-21(25)22(26)15-17)24(29)27-18-9-11-20(12-10-18)31-19-5-3-2-4-6-19/h2-16H,1H3,(H,27,29). The molecule has 0 aliphatic carbocycles. The van der Waals surface area contributed by atoms with Crippen molar-refractivity contribution in [1.29, 1.82) is 0 Å². The number of amides is 1. The summed E-state index contributed by atoms with van der Waals surface area (Å²) >= 11 is 11.8. The number of esters is 1. The number of carbonyl (C=O) groups is 2. The Kier molecular flexibility index (Phi) is 7.70. The minimum absolute atomic E-state index is 0.380. The number of ether oxygens (including phenoxy) is 2. The van der Waals surface area contributed by atoms with E-state index >= 15 is 0 Å². The molecule has 0 saturated heterocycles. The normalized spacial score (nSPS) is 11.7. The van der Waals surface area contributed by atoms with Crippen LogP contribution in [0.3, 0.4) is 0 Å². The van der Waals surface area contributed by atoms with Crippen molar-refractivity contribution >= 4 is 46.8 Å². The van der Waals surface area contributed by atoms with Gasteiger partial charge in [-0.1, -0.05) is 47.5 Å². The molecule has 0 saturated carbocycles. The van der Waals surface area contributed by atoms with Gasteiger partial charge in [-0.2, -0.15) is 0 Å². The van der Waals surface area contributed by atoms with Crippen LogP contribution in [0.1, 0.15) is 12.5 Å². The molecule has 0 heterocycles. The van der Waals surface area contributed by atoms with Crippen molar-refractivity contribution in [3.63, 3.8) is 0 Å². The predicted octanol–water partition coefficient (Wildman–Crippen LogP) is 6.37. The number of para-hydroxylation sites is 1. The third-order valence-corrected chi connectivity index (χ3v) is 4.86. The van der Waals surface area contributed by atoms with E-state index in [1.54, 1.807) is 42.5 Å². The van der Waals surface area contributed by atoms with Crippen LogP contribution in [0.25, 0.3) is 6.08 Å². The van der Waals surface area contributed by atoms with Crippen molar-refractivity contribution in [2.45, 2.75) is 13.0 Å². The SMILES string of the molecule is CC(OC(=O)C=Cc1ccc(Cl)c(Cl)c1)C(=O)Nc1ccc(Oc2ccccc2)cc1. The van der Waals surface area contributed by atoms with E-state index in [2.05, 4.69) is 5.32 Å². The summed E-state index contributed by atoms with van der Waals surface area (Å²) in [6, 6.07) is 21.2. The monoisotopic (exact) mass is 455 g/mol. The van der Waals surface area contributed by atoms with Gasteiger partial charge in [0, 0.05) is 11.8 Å². The molecule has 31 heavy (non-hydrogen) atoms. The fraction of sp³-hybridized carbons (Fsp3) is 0.0833. The van der Waals surface area contributed by atoms with Crippen LogP contribution in [0.15, 0.2) is 78.9 Å². The number of hydrogen-bond acceptors (Lipinski definition) is 4. The van der Waals surface area contributed by atoms with Gasteiger partial charge in [-0.15, -0.1) is 0 Å². The zero-order chi connectivity index (χ0) is 22.2. The van der Waals surface area contributed by atoms with Crippen LogP contribution in [-0.4, -0.2) is 18.0 Å². The van der Waals surface area contributed by atoms with E-state index in [0.29, 0.717) is 32.8 Å². The first-order valence-electron chi connectivity index (χ1n) is 9.38. The maximum atomic E-state index is 12.3. The summed E-state index contributed by atoms with van der Waals surface area (Å²) in [6.07, 6.45) is 1.77. The number of anilines is 1. The van der Waals surface area contributed by atoms with Gasteiger partial charge in [0.25, 0.3) is 5.91 Å². The highest BCUT2D eigenvalue weighted by molar-refractivity contribution is 6.42. The fourth-order valence-electron chi connectivity index (χ4n) is 2.52. The van der Waals surface area contributed by atoms with Crippen LogP contribution in [0.2, 0.25) is 10.0 Å². The second-order valence-corrected chi connectivity index (χ2v) is 7.33. The van der Waals surface area contributed by atoms with E-state index in [4.69, 9.17) is 32.7 Å². The Morgan fingerprint density at radius 1 is 0.903 bits per heavy atom. The van der Waals surface area contributed by atoms with Gasteiger partial charge in [0.15, 0.2) is 6.10 Å². The van der Waals surface area contributed by atoms with Crippen LogP contribution in [-0.2, 0) is 14.3 Å². The minimum Gasteiger partial charge on any atom is -0.457 e. The third-order valence-electron chi connectivity index (χ3n) is 4.12. The molecule has 3 aromatic rings. The summed E-state index contributed by atoms with van der Waals surface area (Å²) < 4.78 is 10.9. The lowest BCUT2D eigenvalue weighted by Crippen LogP contribution is -2.29. The van der Waals surface area contributed by atoms with Crippen LogP contribution in [0, 0.1) is 0 Å². The molecule has 0 aliphatic rings. The smallest absolute Gasteiger partial charge is 0.331 e. The first-order valence-corrected chi connectivity index (χ1v) is 10.1. The number of halogens is 2. The van der Waals surface area contributed by atoms with Gasteiger partial charge in [0.2, 0.25) is 0 Å². The summed E-state index contributed by atoms with van der Waals surface area (Å²) in [5.41, 5.74) is 1.24. The van der Waals surface area contributed by atoms with Crippen molar-refractivity contribution < 1.29 is 19.1 Å². The van der Waals surface area contributed by atoms with Crippen LogP contribution >= 0.6 is 23.2 Å². The summed E-state index contributed by atoms with van der Waals surface area (Å²) in [6.45, 7) is 1.49. The Morgan fingerprint density at radius 2 is 1.58 bits per heavy atom. The van der Waals surface area contributed by atoms with Crippen molar-refractivity contribution in [3.8, 4) is 11.5 Å². The van der Waals surface area contributed by atoms with Crippen molar-refractivity contribution in [3.05, 3.63) is 94.5 Å². The highest BCUT2D eigenvalue weighted by Crippen LogP contribution is 2.24. The minimum atomic E-state index is -0.980. The Labute approximate surface area is 190 Å². The first-order chi connectivity index (χ1) is 14.9. The average Bonchev–Trinajstić information content (AvgIpc) is 2.76. The molecule has 1 unspecified atom stereocenters. The van der Waals surface area contributed by atoms with Gasteiger partial charge in [-0.05, 0) is 67.1 Å². The highest BCUT2D eigenvalue weighted by atomic mass is 35.5. The Bertz CT molecular complexity index is 1080. The van der Waals surface area contributed by atoms with Crippen LogP contribution in [0.4, 0.5) is 5.69 Å². The molecule has 5 nitrogen and oxygen atoms in total. The molecule has 1 N–H and O–H groups in total. The number of nitrogens with one attached hydrogen (secondary N) is 1.